The van der Waals surface area contributed by atoms with Crippen LogP contribution in [0.3, 0.4) is 0 Å². The maximum absolute atomic E-state index is 12.5. The van der Waals surface area contributed by atoms with Crippen LogP contribution in [-0.4, -0.2) is 55.1 Å². The van der Waals surface area contributed by atoms with E-state index in [9.17, 15) is 9.59 Å². The minimum absolute atomic E-state index is 0.0445. The van der Waals surface area contributed by atoms with Gasteiger partial charge in [-0.1, -0.05) is 12.8 Å². The summed E-state index contributed by atoms with van der Waals surface area (Å²) in [5, 5.41) is 2.96. The molecule has 1 aliphatic carbocycles. The van der Waals surface area contributed by atoms with Gasteiger partial charge in [0, 0.05) is 19.6 Å². The lowest BCUT2D eigenvalue weighted by Crippen LogP contribution is -2.59. The summed E-state index contributed by atoms with van der Waals surface area (Å²) in [4.78, 5) is 26.4. The topological polar surface area (TPSA) is 84.7 Å². The van der Waals surface area contributed by atoms with Gasteiger partial charge in [0.2, 0.25) is 11.8 Å². The Morgan fingerprint density at radius 3 is 2.33 bits per heavy atom. The van der Waals surface area contributed by atoms with E-state index in [0.29, 0.717) is 19.8 Å². The molecule has 120 valence electrons. The quantitative estimate of drug-likeness (QED) is 0.762. The van der Waals surface area contributed by atoms with Crippen molar-refractivity contribution in [2.24, 2.45) is 11.1 Å². The Balaban J connectivity index is 1.95. The highest BCUT2D eigenvalue weighted by Crippen LogP contribution is 2.37. The molecule has 0 aromatic rings. The second-order valence-electron chi connectivity index (χ2n) is 6.69. The van der Waals surface area contributed by atoms with Crippen molar-refractivity contribution in [3.63, 3.8) is 0 Å². The van der Waals surface area contributed by atoms with E-state index >= 15 is 0 Å². The van der Waals surface area contributed by atoms with Crippen LogP contribution >= 0.6 is 0 Å². The summed E-state index contributed by atoms with van der Waals surface area (Å²) in [5.74, 6) is -0.332. The van der Waals surface area contributed by atoms with Crippen molar-refractivity contribution in [1.29, 1.82) is 0 Å². The number of carbonyl (C=O) groups excluding carboxylic acids is 2. The molecule has 1 saturated carbocycles. The van der Waals surface area contributed by atoms with Gasteiger partial charge < -0.3 is 15.8 Å². The van der Waals surface area contributed by atoms with Crippen LogP contribution in [0.1, 0.15) is 39.5 Å². The number of ether oxygens (including phenoxy) is 1. The third-order valence-electron chi connectivity index (χ3n) is 5.03. The van der Waals surface area contributed by atoms with Crippen molar-refractivity contribution in [2.45, 2.75) is 45.1 Å². The molecule has 6 nitrogen and oxygen atoms in total. The van der Waals surface area contributed by atoms with Gasteiger partial charge in [-0.25, -0.2) is 0 Å². The molecule has 0 aromatic heterocycles. The van der Waals surface area contributed by atoms with Gasteiger partial charge in [-0.15, -0.1) is 0 Å². The molecular weight excluding hydrogens is 270 g/mol. The van der Waals surface area contributed by atoms with Gasteiger partial charge in [0.1, 0.15) is 0 Å². The van der Waals surface area contributed by atoms with Gasteiger partial charge in [0.25, 0.3) is 0 Å². The first-order chi connectivity index (χ1) is 9.88. The molecule has 1 aliphatic heterocycles. The number of carbonyl (C=O) groups is 2. The molecule has 6 heteroatoms. The van der Waals surface area contributed by atoms with Crippen molar-refractivity contribution in [1.82, 2.24) is 10.2 Å². The SMILES string of the molecule is CC(C)(C(=O)NCC1(C(N)=O)CCCC1)N1CCOCC1. The summed E-state index contributed by atoms with van der Waals surface area (Å²) in [6.45, 7) is 7.00. The minimum atomic E-state index is -0.596. The van der Waals surface area contributed by atoms with Crippen molar-refractivity contribution in [3.05, 3.63) is 0 Å². The summed E-state index contributed by atoms with van der Waals surface area (Å²) in [5.41, 5.74) is 4.41. The summed E-state index contributed by atoms with van der Waals surface area (Å²) < 4.78 is 5.33. The van der Waals surface area contributed by atoms with Gasteiger partial charge in [-0.3, -0.25) is 14.5 Å². The molecule has 0 aromatic carbocycles. The number of nitrogens with one attached hydrogen (secondary N) is 1. The molecule has 1 heterocycles. The van der Waals surface area contributed by atoms with Crippen molar-refractivity contribution < 1.29 is 14.3 Å². The molecule has 0 radical (unpaired) electrons. The third-order valence-corrected chi connectivity index (χ3v) is 5.03. The molecule has 2 amide bonds. The van der Waals surface area contributed by atoms with E-state index in [0.717, 1.165) is 38.8 Å². The van der Waals surface area contributed by atoms with Crippen LogP contribution in [0.2, 0.25) is 0 Å². The zero-order chi connectivity index (χ0) is 15.5. The van der Waals surface area contributed by atoms with E-state index in [4.69, 9.17) is 10.5 Å². The molecule has 2 aliphatic rings. The maximum Gasteiger partial charge on any atom is 0.239 e. The van der Waals surface area contributed by atoms with Crippen molar-refractivity contribution >= 4 is 11.8 Å². The lowest BCUT2D eigenvalue weighted by Gasteiger charge is -2.40. The molecule has 0 unspecified atom stereocenters. The van der Waals surface area contributed by atoms with Crippen LogP contribution in [-0.2, 0) is 14.3 Å². The Bertz CT molecular complexity index is 397. The Morgan fingerprint density at radius 1 is 1.24 bits per heavy atom. The molecule has 2 rings (SSSR count). The number of morpholine rings is 1. The minimum Gasteiger partial charge on any atom is -0.379 e. The predicted octanol–water partition coefficient (Wildman–Crippen LogP) is 0.259. The molecule has 3 N–H and O–H groups in total. The Labute approximate surface area is 126 Å². The number of hydrogen-bond donors (Lipinski definition) is 2. The highest BCUT2D eigenvalue weighted by Gasteiger charge is 2.42. The van der Waals surface area contributed by atoms with Crippen LogP contribution in [0.4, 0.5) is 0 Å². The van der Waals surface area contributed by atoms with Crippen molar-refractivity contribution in [3.8, 4) is 0 Å². The molecule has 0 spiro atoms. The van der Waals surface area contributed by atoms with Gasteiger partial charge in [-0.2, -0.15) is 0 Å². The zero-order valence-electron chi connectivity index (χ0n) is 13.1. The Hall–Kier alpha value is -1.14. The summed E-state index contributed by atoms with van der Waals surface area (Å²) in [7, 11) is 0. The lowest BCUT2D eigenvalue weighted by molar-refractivity contribution is -0.136. The number of rotatable bonds is 5. The number of nitrogens with two attached hydrogens (primary N) is 1. The summed E-state index contributed by atoms with van der Waals surface area (Å²) >= 11 is 0. The van der Waals surface area contributed by atoms with Crippen LogP contribution in [0.5, 0.6) is 0 Å². The van der Waals surface area contributed by atoms with Gasteiger partial charge >= 0.3 is 0 Å². The third kappa shape index (κ3) is 3.37. The van der Waals surface area contributed by atoms with Crippen molar-refractivity contribution in [2.75, 3.05) is 32.8 Å². The Morgan fingerprint density at radius 2 is 1.81 bits per heavy atom. The first kappa shape index (κ1) is 16.2. The smallest absolute Gasteiger partial charge is 0.239 e. The summed E-state index contributed by atoms with van der Waals surface area (Å²) in [6.07, 6.45) is 3.57. The van der Waals surface area contributed by atoms with E-state index in [2.05, 4.69) is 10.2 Å². The molecule has 0 bridgehead atoms. The molecule has 2 fully saturated rings. The monoisotopic (exact) mass is 297 g/mol. The van der Waals surface area contributed by atoms with E-state index in [1.54, 1.807) is 0 Å². The average Bonchev–Trinajstić information content (AvgIpc) is 2.96. The Kier molecular flexibility index (Phi) is 4.88. The number of hydrogen-bond acceptors (Lipinski definition) is 4. The van der Waals surface area contributed by atoms with E-state index < -0.39 is 11.0 Å². The highest BCUT2D eigenvalue weighted by molar-refractivity contribution is 5.87. The summed E-state index contributed by atoms with van der Waals surface area (Å²) in [6, 6.07) is 0. The van der Waals surface area contributed by atoms with E-state index in [1.807, 2.05) is 13.8 Å². The number of nitrogens with zero attached hydrogens (tertiary/aromatic N) is 1. The molecule has 0 atom stereocenters. The standard InChI is InChI=1S/C15H27N3O3/c1-14(2,18-7-9-21-10-8-18)13(20)17-11-15(12(16)19)5-3-4-6-15/h3-11H2,1-2H3,(H2,16,19)(H,17,20). The highest BCUT2D eigenvalue weighted by atomic mass is 16.5. The molecule has 21 heavy (non-hydrogen) atoms. The molecular formula is C15H27N3O3. The van der Waals surface area contributed by atoms with Crippen LogP contribution in [0.15, 0.2) is 0 Å². The first-order valence-electron chi connectivity index (χ1n) is 7.79. The molecule has 1 saturated heterocycles. The normalized spacial score (nSPS) is 23.0. The van der Waals surface area contributed by atoms with Crippen LogP contribution in [0.25, 0.3) is 0 Å². The van der Waals surface area contributed by atoms with Crippen LogP contribution in [0, 0.1) is 5.41 Å². The first-order valence-corrected chi connectivity index (χ1v) is 7.79. The van der Waals surface area contributed by atoms with E-state index in [1.165, 1.54) is 0 Å². The predicted molar refractivity (Wildman–Crippen MR) is 79.6 cm³/mol. The lowest BCUT2D eigenvalue weighted by atomic mass is 9.85. The fourth-order valence-corrected chi connectivity index (χ4v) is 3.29. The van der Waals surface area contributed by atoms with Gasteiger partial charge in [0.05, 0.1) is 24.2 Å². The van der Waals surface area contributed by atoms with Gasteiger partial charge in [-0.05, 0) is 26.7 Å². The zero-order valence-corrected chi connectivity index (χ0v) is 13.1. The number of primary amides is 1. The maximum atomic E-state index is 12.5. The van der Waals surface area contributed by atoms with Gasteiger partial charge in [0.15, 0.2) is 0 Å². The second-order valence-corrected chi connectivity index (χ2v) is 6.69. The average molecular weight is 297 g/mol. The fraction of sp³-hybridized carbons (Fsp3) is 0.867. The van der Waals surface area contributed by atoms with E-state index in [-0.39, 0.29) is 11.8 Å². The largest absolute Gasteiger partial charge is 0.379 e. The fourth-order valence-electron chi connectivity index (χ4n) is 3.29. The van der Waals surface area contributed by atoms with Crippen LogP contribution < -0.4 is 11.1 Å². The second kappa shape index (κ2) is 6.32. The number of amides is 2.